The van der Waals surface area contributed by atoms with E-state index >= 15 is 0 Å². The van der Waals surface area contributed by atoms with E-state index in [4.69, 9.17) is 0 Å². The maximum atomic E-state index is 13.7. The van der Waals surface area contributed by atoms with Gasteiger partial charge in [0.1, 0.15) is 0 Å². The Kier molecular flexibility index (Phi) is 5.69. The van der Waals surface area contributed by atoms with Gasteiger partial charge in [-0.15, -0.1) is 0 Å². The van der Waals surface area contributed by atoms with Crippen molar-refractivity contribution in [2.24, 2.45) is 0 Å². The lowest BCUT2D eigenvalue weighted by Crippen LogP contribution is -2.29. The van der Waals surface area contributed by atoms with Gasteiger partial charge in [0.05, 0.1) is 0 Å². The fourth-order valence-electron chi connectivity index (χ4n) is 3.35. The van der Waals surface area contributed by atoms with Crippen LogP contribution in [0.4, 0.5) is 0 Å². The predicted octanol–water partition coefficient (Wildman–Crippen LogP) is 5.11. The van der Waals surface area contributed by atoms with Crippen molar-refractivity contribution < 1.29 is 5.11 Å². The van der Waals surface area contributed by atoms with Crippen molar-refractivity contribution >= 4 is 23.8 Å². The molecule has 0 amide bonds. The highest BCUT2D eigenvalue weighted by Gasteiger charge is 2.25. The molecule has 1 nitrogen and oxygen atoms in total. The topological polar surface area (TPSA) is 23.1 Å². The summed E-state index contributed by atoms with van der Waals surface area (Å²) in [5.41, 5.74) is 1.93. The second-order valence-electron chi connectivity index (χ2n) is 9.38. The van der Waals surface area contributed by atoms with E-state index in [9.17, 15) is 5.11 Å². The minimum atomic E-state index is -0.906. The minimum absolute atomic E-state index is 0.0170. The first-order valence-electron chi connectivity index (χ1n) is 9.85. The van der Waals surface area contributed by atoms with Crippen molar-refractivity contribution in [1.29, 1.82) is 0 Å². The Morgan fingerprint density at radius 3 is 1.50 bits per heavy atom. The van der Waals surface area contributed by atoms with Gasteiger partial charge in [-0.05, 0) is 45.8 Å². The maximum absolute atomic E-state index is 13.7. The summed E-state index contributed by atoms with van der Waals surface area (Å²) in [4.78, 5) is 0. The van der Waals surface area contributed by atoms with Crippen molar-refractivity contribution in [3.8, 4) is 5.75 Å². The summed E-state index contributed by atoms with van der Waals surface area (Å²) >= 11 is 0. The molecule has 3 rings (SSSR count). The first-order valence-corrected chi connectivity index (χ1v) is 11.2. The van der Waals surface area contributed by atoms with E-state index in [2.05, 4.69) is 102 Å². The fraction of sp³-hybridized carbons (Fsp3) is 0.308. The van der Waals surface area contributed by atoms with Gasteiger partial charge >= 0.3 is 0 Å². The first-order chi connectivity index (χ1) is 13.1. The molecule has 28 heavy (non-hydrogen) atoms. The number of hydrogen-bond acceptors (Lipinski definition) is 1. The Morgan fingerprint density at radius 2 is 1.11 bits per heavy atom. The number of hydrogen-bond donors (Lipinski definition) is 0. The van der Waals surface area contributed by atoms with Crippen LogP contribution in [0.3, 0.4) is 0 Å². The zero-order chi connectivity index (χ0) is 20.5. The van der Waals surface area contributed by atoms with E-state index in [-0.39, 0.29) is 16.6 Å². The Morgan fingerprint density at radius 1 is 0.643 bits per heavy atom. The molecule has 0 aliphatic carbocycles. The van der Waals surface area contributed by atoms with Gasteiger partial charge in [-0.2, -0.15) is 0 Å². The Hall–Kier alpha value is -2.11. The second-order valence-corrected chi connectivity index (χ2v) is 11.6. The van der Waals surface area contributed by atoms with Crippen LogP contribution in [0.15, 0.2) is 72.8 Å². The number of rotatable bonds is 3. The third kappa shape index (κ3) is 4.31. The Bertz CT molecular complexity index is 892. The van der Waals surface area contributed by atoms with E-state index in [1.165, 1.54) is 16.2 Å². The molecule has 0 aliphatic heterocycles. The molecule has 0 unspecified atom stereocenters. The van der Waals surface area contributed by atoms with Crippen molar-refractivity contribution in [2.75, 3.05) is 0 Å². The standard InChI is InChI=1S/C26H31OP/c1-25(2,3)19-17-22(26(4,5)6)24(27)23(18-19)28(20-13-9-7-10-14-20)21-15-11-8-12-16-21/h7-18,27H,1-6H3/p-1. The van der Waals surface area contributed by atoms with Crippen LogP contribution in [0, 0.1) is 0 Å². The van der Waals surface area contributed by atoms with Crippen LogP contribution in [0.1, 0.15) is 52.7 Å². The molecule has 0 N–H and O–H groups in total. The summed E-state index contributed by atoms with van der Waals surface area (Å²) in [6.07, 6.45) is 0. The number of benzene rings is 3. The van der Waals surface area contributed by atoms with Crippen LogP contribution in [0.5, 0.6) is 5.75 Å². The lowest BCUT2D eigenvalue weighted by molar-refractivity contribution is -0.268. The van der Waals surface area contributed by atoms with Gasteiger partial charge in [0.2, 0.25) is 0 Å². The van der Waals surface area contributed by atoms with Crippen LogP contribution < -0.4 is 21.0 Å². The third-order valence-electron chi connectivity index (χ3n) is 5.01. The van der Waals surface area contributed by atoms with Crippen molar-refractivity contribution in [3.05, 3.63) is 83.9 Å². The van der Waals surface area contributed by atoms with Gasteiger partial charge < -0.3 is 5.11 Å². The highest BCUT2D eigenvalue weighted by molar-refractivity contribution is 7.80. The zero-order valence-electron chi connectivity index (χ0n) is 17.8. The van der Waals surface area contributed by atoms with Crippen molar-refractivity contribution in [3.63, 3.8) is 0 Å². The molecule has 0 atom stereocenters. The Labute approximate surface area is 171 Å². The zero-order valence-corrected chi connectivity index (χ0v) is 18.7. The highest BCUT2D eigenvalue weighted by Crippen LogP contribution is 2.41. The molecule has 0 fully saturated rings. The molecule has 3 aromatic rings. The van der Waals surface area contributed by atoms with Crippen LogP contribution in [0.25, 0.3) is 0 Å². The summed E-state index contributed by atoms with van der Waals surface area (Å²) in [6.45, 7) is 13.1. The van der Waals surface area contributed by atoms with Crippen molar-refractivity contribution in [2.45, 2.75) is 52.4 Å². The molecule has 0 aliphatic rings. The van der Waals surface area contributed by atoms with Gasteiger partial charge in [0, 0.05) is 0 Å². The summed E-state index contributed by atoms with van der Waals surface area (Å²) in [6, 6.07) is 25.2. The SMILES string of the molecule is CC(C)(C)c1cc(P(c2ccccc2)c2ccccc2)c([O-])c(C(C)(C)C)c1. The molecule has 3 aromatic carbocycles. The average Bonchev–Trinajstić information content (AvgIpc) is 2.63. The Balaban J connectivity index is 2.34. The quantitative estimate of drug-likeness (QED) is 0.571. The van der Waals surface area contributed by atoms with Gasteiger partial charge in [-0.25, -0.2) is 0 Å². The van der Waals surface area contributed by atoms with E-state index in [0.717, 1.165) is 10.9 Å². The first kappa shape index (κ1) is 20.6. The molecule has 146 valence electrons. The molecule has 0 aromatic heterocycles. The molecule has 0 radical (unpaired) electrons. The van der Waals surface area contributed by atoms with Gasteiger partial charge in [0.15, 0.2) is 0 Å². The molecule has 0 heterocycles. The average molecular weight is 389 g/mol. The fourth-order valence-corrected chi connectivity index (χ4v) is 5.74. The lowest BCUT2D eigenvalue weighted by atomic mass is 9.80. The second kappa shape index (κ2) is 7.72. The summed E-state index contributed by atoms with van der Waals surface area (Å²) in [5.74, 6) is 0.194. The van der Waals surface area contributed by atoms with Crippen LogP contribution in [-0.2, 0) is 10.8 Å². The molecule has 0 spiro atoms. The van der Waals surface area contributed by atoms with Crippen LogP contribution >= 0.6 is 7.92 Å². The molecule has 0 saturated carbocycles. The van der Waals surface area contributed by atoms with E-state index < -0.39 is 7.92 Å². The molecule has 0 saturated heterocycles. The predicted molar refractivity (Wildman–Crippen MR) is 122 cm³/mol. The molecule has 2 heteroatoms. The largest absolute Gasteiger partial charge is 0.872 e. The molecular weight excluding hydrogens is 359 g/mol. The minimum Gasteiger partial charge on any atom is -0.872 e. The van der Waals surface area contributed by atoms with Gasteiger partial charge in [-0.3, -0.25) is 0 Å². The third-order valence-corrected chi connectivity index (χ3v) is 7.46. The van der Waals surface area contributed by atoms with Crippen LogP contribution in [-0.4, -0.2) is 0 Å². The van der Waals surface area contributed by atoms with Gasteiger partial charge in [-0.1, -0.05) is 120 Å². The van der Waals surface area contributed by atoms with E-state index in [0.29, 0.717) is 0 Å². The maximum Gasteiger partial charge on any atom is -0.0132 e. The van der Waals surface area contributed by atoms with Crippen molar-refractivity contribution in [1.82, 2.24) is 0 Å². The normalized spacial score (nSPS) is 12.4. The lowest BCUT2D eigenvalue weighted by Gasteiger charge is -2.34. The smallest absolute Gasteiger partial charge is 0.0132 e. The van der Waals surface area contributed by atoms with Crippen LogP contribution in [0.2, 0.25) is 0 Å². The van der Waals surface area contributed by atoms with E-state index in [1.807, 2.05) is 12.1 Å². The summed E-state index contributed by atoms with van der Waals surface area (Å²) < 4.78 is 0. The molecule has 0 bridgehead atoms. The summed E-state index contributed by atoms with van der Waals surface area (Å²) in [5, 5.41) is 17.1. The van der Waals surface area contributed by atoms with E-state index in [1.54, 1.807) is 0 Å². The highest BCUT2D eigenvalue weighted by atomic mass is 31.1. The van der Waals surface area contributed by atoms with Gasteiger partial charge in [0.25, 0.3) is 0 Å². The summed E-state index contributed by atoms with van der Waals surface area (Å²) in [7, 11) is -0.906. The monoisotopic (exact) mass is 389 g/mol. The molecular formula is C26H30OP-.